The van der Waals surface area contributed by atoms with E-state index in [1.165, 1.54) is 25.7 Å². The molecular weight excluding hydrogens is 176 g/mol. The van der Waals surface area contributed by atoms with Gasteiger partial charge in [-0.25, -0.2) is 0 Å². The molecule has 0 radical (unpaired) electrons. The predicted octanol–water partition coefficient (Wildman–Crippen LogP) is 2.09. The molecule has 0 aromatic heterocycles. The van der Waals surface area contributed by atoms with E-state index >= 15 is 0 Å². The first-order chi connectivity index (χ1) is 6.77. The third-order valence-electron chi connectivity index (χ3n) is 4.08. The second-order valence-electron chi connectivity index (χ2n) is 5.12. The van der Waals surface area contributed by atoms with Crippen molar-refractivity contribution in [3.05, 3.63) is 0 Å². The Morgan fingerprint density at radius 2 is 1.71 bits per heavy atom. The lowest BCUT2D eigenvalue weighted by Gasteiger charge is -2.23. The molecule has 2 fully saturated rings. The van der Waals surface area contributed by atoms with E-state index in [9.17, 15) is 10.2 Å². The molecule has 3 atom stereocenters. The lowest BCUT2D eigenvalue weighted by molar-refractivity contribution is 0.0184. The van der Waals surface area contributed by atoms with Crippen LogP contribution in [-0.4, -0.2) is 22.4 Å². The lowest BCUT2D eigenvalue weighted by Crippen LogP contribution is -2.28. The van der Waals surface area contributed by atoms with Crippen LogP contribution in [0.2, 0.25) is 0 Å². The highest BCUT2D eigenvalue weighted by molar-refractivity contribution is 4.84. The minimum atomic E-state index is -0.240. The molecule has 0 aliphatic heterocycles. The largest absolute Gasteiger partial charge is 0.393 e. The molecular formula is C12H22O2. The summed E-state index contributed by atoms with van der Waals surface area (Å²) >= 11 is 0. The van der Waals surface area contributed by atoms with Crippen molar-refractivity contribution in [2.24, 2.45) is 11.8 Å². The maximum Gasteiger partial charge on any atom is 0.0595 e. The van der Waals surface area contributed by atoms with Crippen LogP contribution in [0, 0.1) is 11.8 Å². The van der Waals surface area contributed by atoms with Crippen molar-refractivity contribution in [3.63, 3.8) is 0 Å². The number of aliphatic hydroxyl groups excluding tert-OH is 2. The topological polar surface area (TPSA) is 40.5 Å². The Labute approximate surface area is 86.3 Å². The van der Waals surface area contributed by atoms with Gasteiger partial charge >= 0.3 is 0 Å². The van der Waals surface area contributed by atoms with E-state index in [2.05, 4.69) is 0 Å². The smallest absolute Gasteiger partial charge is 0.0595 e. The van der Waals surface area contributed by atoms with Gasteiger partial charge in [0.2, 0.25) is 0 Å². The van der Waals surface area contributed by atoms with Crippen molar-refractivity contribution >= 4 is 0 Å². The summed E-state index contributed by atoms with van der Waals surface area (Å²) in [6.45, 7) is 0. The summed E-state index contributed by atoms with van der Waals surface area (Å²) in [7, 11) is 0. The molecule has 0 amide bonds. The first-order valence-corrected chi connectivity index (χ1v) is 6.13. The molecule has 0 spiro atoms. The summed E-state index contributed by atoms with van der Waals surface area (Å²) in [5.74, 6) is 0.911. The molecule has 0 bridgehead atoms. The quantitative estimate of drug-likeness (QED) is 0.729. The number of hydrogen-bond acceptors (Lipinski definition) is 2. The normalized spacial score (nSPS) is 36.4. The van der Waals surface area contributed by atoms with Crippen LogP contribution < -0.4 is 0 Å². The van der Waals surface area contributed by atoms with Gasteiger partial charge in [-0.15, -0.1) is 0 Å². The Morgan fingerprint density at radius 3 is 2.29 bits per heavy atom. The van der Waals surface area contributed by atoms with E-state index in [0.717, 1.165) is 31.6 Å². The van der Waals surface area contributed by atoms with Crippen LogP contribution in [0.15, 0.2) is 0 Å². The standard InChI is InChI=1S/C12H22O2/c13-11-7-3-6-10(11)12(14)8-9-4-1-2-5-9/h9-14H,1-8H2. The van der Waals surface area contributed by atoms with E-state index in [1.807, 2.05) is 0 Å². The second kappa shape index (κ2) is 4.63. The molecule has 2 aliphatic carbocycles. The predicted molar refractivity (Wildman–Crippen MR) is 55.9 cm³/mol. The van der Waals surface area contributed by atoms with Gasteiger partial charge in [0, 0.05) is 5.92 Å². The monoisotopic (exact) mass is 198 g/mol. The maximum absolute atomic E-state index is 10.0. The Morgan fingerprint density at radius 1 is 1.00 bits per heavy atom. The summed E-state index contributed by atoms with van der Waals surface area (Å²) in [5.41, 5.74) is 0. The summed E-state index contributed by atoms with van der Waals surface area (Å²) in [4.78, 5) is 0. The molecule has 2 N–H and O–H groups in total. The van der Waals surface area contributed by atoms with Crippen LogP contribution in [0.3, 0.4) is 0 Å². The average molecular weight is 198 g/mol. The molecule has 2 aliphatic rings. The van der Waals surface area contributed by atoms with Crippen LogP contribution in [0.4, 0.5) is 0 Å². The van der Waals surface area contributed by atoms with E-state index in [-0.39, 0.29) is 18.1 Å². The lowest BCUT2D eigenvalue weighted by atomic mass is 9.90. The number of rotatable bonds is 3. The van der Waals surface area contributed by atoms with Crippen LogP contribution in [0.1, 0.15) is 51.4 Å². The second-order valence-corrected chi connectivity index (χ2v) is 5.12. The molecule has 0 saturated heterocycles. The van der Waals surface area contributed by atoms with Gasteiger partial charge in [0.25, 0.3) is 0 Å². The fourth-order valence-corrected chi connectivity index (χ4v) is 3.18. The van der Waals surface area contributed by atoms with Gasteiger partial charge in [0.1, 0.15) is 0 Å². The van der Waals surface area contributed by atoms with Gasteiger partial charge in [-0.05, 0) is 25.2 Å². The third kappa shape index (κ3) is 2.29. The molecule has 2 nitrogen and oxygen atoms in total. The Bertz CT molecular complexity index is 175. The fraction of sp³-hybridized carbons (Fsp3) is 1.00. The Hall–Kier alpha value is -0.0800. The Balaban J connectivity index is 1.78. The van der Waals surface area contributed by atoms with Crippen LogP contribution in [0.25, 0.3) is 0 Å². The summed E-state index contributed by atoms with van der Waals surface area (Å²) in [6.07, 6.45) is 8.73. The molecule has 0 heterocycles. The van der Waals surface area contributed by atoms with Crippen LogP contribution >= 0.6 is 0 Å². The van der Waals surface area contributed by atoms with Crippen molar-refractivity contribution in [1.82, 2.24) is 0 Å². The first kappa shape index (κ1) is 10.4. The fourth-order valence-electron chi connectivity index (χ4n) is 3.18. The number of aliphatic hydroxyl groups is 2. The molecule has 82 valence electrons. The highest BCUT2D eigenvalue weighted by atomic mass is 16.3. The number of hydrogen-bond donors (Lipinski definition) is 2. The zero-order chi connectivity index (χ0) is 9.97. The molecule has 14 heavy (non-hydrogen) atoms. The van der Waals surface area contributed by atoms with Gasteiger partial charge in [-0.3, -0.25) is 0 Å². The molecule has 0 aromatic rings. The maximum atomic E-state index is 10.0. The van der Waals surface area contributed by atoms with Crippen molar-refractivity contribution in [3.8, 4) is 0 Å². The van der Waals surface area contributed by atoms with Crippen molar-refractivity contribution < 1.29 is 10.2 Å². The third-order valence-corrected chi connectivity index (χ3v) is 4.08. The SMILES string of the molecule is OC1CCCC1C(O)CC1CCCC1. The van der Waals surface area contributed by atoms with E-state index < -0.39 is 0 Å². The minimum Gasteiger partial charge on any atom is -0.393 e. The zero-order valence-electron chi connectivity index (χ0n) is 8.86. The van der Waals surface area contributed by atoms with Gasteiger partial charge in [0.15, 0.2) is 0 Å². The van der Waals surface area contributed by atoms with Crippen molar-refractivity contribution in [1.29, 1.82) is 0 Å². The van der Waals surface area contributed by atoms with E-state index in [1.54, 1.807) is 0 Å². The summed E-state index contributed by atoms with van der Waals surface area (Å²) in [5, 5.41) is 19.7. The van der Waals surface area contributed by atoms with Crippen molar-refractivity contribution in [2.75, 3.05) is 0 Å². The summed E-state index contributed by atoms with van der Waals surface area (Å²) in [6, 6.07) is 0. The Kier molecular flexibility index (Phi) is 3.45. The molecule has 0 aromatic carbocycles. The molecule has 2 saturated carbocycles. The molecule has 2 rings (SSSR count). The average Bonchev–Trinajstić information content (AvgIpc) is 2.75. The van der Waals surface area contributed by atoms with Gasteiger partial charge in [-0.1, -0.05) is 32.1 Å². The van der Waals surface area contributed by atoms with Crippen molar-refractivity contribution in [2.45, 2.75) is 63.6 Å². The van der Waals surface area contributed by atoms with E-state index in [4.69, 9.17) is 0 Å². The van der Waals surface area contributed by atoms with Crippen LogP contribution in [-0.2, 0) is 0 Å². The van der Waals surface area contributed by atoms with Crippen LogP contribution in [0.5, 0.6) is 0 Å². The van der Waals surface area contributed by atoms with Gasteiger partial charge in [-0.2, -0.15) is 0 Å². The highest BCUT2D eigenvalue weighted by Gasteiger charge is 2.33. The minimum absolute atomic E-state index is 0.176. The first-order valence-electron chi connectivity index (χ1n) is 6.13. The molecule has 2 heteroatoms. The van der Waals surface area contributed by atoms with Gasteiger partial charge < -0.3 is 10.2 Å². The summed E-state index contributed by atoms with van der Waals surface area (Å²) < 4.78 is 0. The zero-order valence-corrected chi connectivity index (χ0v) is 8.86. The van der Waals surface area contributed by atoms with E-state index in [0.29, 0.717) is 0 Å². The molecule has 3 unspecified atom stereocenters. The highest BCUT2D eigenvalue weighted by Crippen LogP contribution is 2.35. The van der Waals surface area contributed by atoms with Gasteiger partial charge in [0.05, 0.1) is 12.2 Å².